The zero-order valence-corrected chi connectivity index (χ0v) is 22.3. The van der Waals surface area contributed by atoms with Crippen LogP contribution >= 0.6 is 0 Å². The zero-order chi connectivity index (χ0) is 27.2. The van der Waals surface area contributed by atoms with Crippen molar-refractivity contribution in [3.8, 4) is 0 Å². The van der Waals surface area contributed by atoms with Gasteiger partial charge in [0, 0.05) is 72.5 Å². The minimum absolute atomic E-state index is 0.271. The summed E-state index contributed by atoms with van der Waals surface area (Å²) in [6.07, 6.45) is 4.07. The molecule has 0 spiro atoms. The highest BCUT2D eigenvalue weighted by molar-refractivity contribution is 6.46. The van der Waals surface area contributed by atoms with Crippen molar-refractivity contribution >= 4 is 51.0 Å². The van der Waals surface area contributed by atoms with E-state index in [1.54, 1.807) is 11.9 Å². The third-order valence-corrected chi connectivity index (χ3v) is 6.67. The van der Waals surface area contributed by atoms with Crippen LogP contribution in [0, 0.1) is 0 Å². The third kappa shape index (κ3) is 4.58. The Labute approximate surface area is 221 Å². The van der Waals surface area contributed by atoms with E-state index in [9.17, 15) is 14.4 Å². The molecular weight excluding hydrogens is 482 g/mol. The fraction of sp³-hybridized carbons (Fsp3) is 0.300. The number of hydrogen-bond acceptors (Lipinski definition) is 5. The monoisotopic (exact) mass is 513 g/mol. The fourth-order valence-electron chi connectivity index (χ4n) is 4.96. The van der Waals surface area contributed by atoms with Crippen molar-refractivity contribution in [2.75, 3.05) is 13.6 Å². The lowest BCUT2D eigenvalue weighted by Gasteiger charge is -2.24. The van der Waals surface area contributed by atoms with Crippen LogP contribution in [0.25, 0.3) is 33.0 Å². The number of esters is 2. The molecule has 0 bridgehead atoms. The second-order valence-corrected chi connectivity index (χ2v) is 10.6. The maximum absolute atomic E-state index is 13.1. The molecule has 8 nitrogen and oxygen atoms in total. The lowest BCUT2D eigenvalue weighted by molar-refractivity contribution is -0.149. The van der Waals surface area contributed by atoms with E-state index in [4.69, 9.17) is 9.47 Å². The molecule has 1 aliphatic rings. The van der Waals surface area contributed by atoms with Crippen molar-refractivity contribution in [1.82, 2.24) is 14.0 Å². The first kappa shape index (κ1) is 25.3. The zero-order valence-electron chi connectivity index (χ0n) is 22.3. The molecule has 5 rings (SSSR count). The number of hydrogen-bond donors (Lipinski definition) is 0. The van der Waals surface area contributed by atoms with E-state index in [1.165, 1.54) is 0 Å². The molecule has 0 saturated carbocycles. The summed E-state index contributed by atoms with van der Waals surface area (Å²) in [6.45, 7) is 6.62. The number of carbonyl (C=O) groups excluding carboxylic acids is 3. The van der Waals surface area contributed by atoms with E-state index in [2.05, 4.69) is 4.57 Å². The highest BCUT2D eigenvalue weighted by Crippen LogP contribution is 2.40. The van der Waals surface area contributed by atoms with Crippen molar-refractivity contribution in [3.63, 3.8) is 0 Å². The van der Waals surface area contributed by atoms with Gasteiger partial charge in [0.15, 0.2) is 0 Å². The van der Waals surface area contributed by atoms with Gasteiger partial charge in [0.2, 0.25) is 0 Å². The molecule has 0 radical (unpaired) electrons. The van der Waals surface area contributed by atoms with E-state index in [0.717, 1.165) is 21.8 Å². The van der Waals surface area contributed by atoms with Gasteiger partial charge in [-0.3, -0.25) is 0 Å². The third-order valence-electron chi connectivity index (χ3n) is 6.67. The Morgan fingerprint density at radius 3 is 2.08 bits per heavy atom. The smallest absolute Gasteiger partial charge is 0.410 e. The summed E-state index contributed by atoms with van der Waals surface area (Å²) in [5.41, 5.74) is 3.20. The molecule has 0 N–H and O–H groups in total. The summed E-state index contributed by atoms with van der Waals surface area (Å²) >= 11 is 0. The molecule has 1 aliphatic heterocycles. The molecular formula is C30H31N3O5. The molecule has 38 heavy (non-hydrogen) atoms. The number of cyclic esters (lactones) is 2. The number of aryl methyl sites for hydroxylation is 2. The average Bonchev–Trinajstić information content (AvgIpc) is 3.48. The van der Waals surface area contributed by atoms with Gasteiger partial charge in [0.05, 0.1) is 11.1 Å². The van der Waals surface area contributed by atoms with Gasteiger partial charge < -0.3 is 23.5 Å². The lowest BCUT2D eigenvalue weighted by atomic mass is 9.95. The van der Waals surface area contributed by atoms with E-state index < -0.39 is 17.5 Å². The molecule has 196 valence electrons. The van der Waals surface area contributed by atoms with Crippen LogP contribution in [0.2, 0.25) is 0 Å². The van der Waals surface area contributed by atoms with Crippen LogP contribution in [0.15, 0.2) is 60.9 Å². The minimum Gasteiger partial charge on any atom is -0.444 e. The van der Waals surface area contributed by atoms with Gasteiger partial charge in [-0.15, -0.1) is 0 Å². The van der Waals surface area contributed by atoms with Crippen LogP contribution < -0.4 is 0 Å². The van der Waals surface area contributed by atoms with Crippen LogP contribution in [0.1, 0.15) is 38.3 Å². The van der Waals surface area contributed by atoms with Gasteiger partial charge in [0.25, 0.3) is 0 Å². The molecule has 3 heterocycles. The Balaban J connectivity index is 1.52. The normalized spacial score (nSPS) is 14.0. The van der Waals surface area contributed by atoms with Gasteiger partial charge in [-0.05, 0) is 39.3 Å². The standard InChI is InChI=1S/C30H31N3O5/c1-30(2,3)38-29(36)31(4)15-10-16-33-18-22(20-12-7-9-14-24(20)33)26-25(27(34)37-28(26)35)21-17-32(5)23-13-8-6-11-19(21)23/h6-9,11-14,17-18H,10,15-16H2,1-5H3. The first-order valence-electron chi connectivity index (χ1n) is 12.6. The van der Waals surface area contributed by atoms with Crippen LogP contribution in [0.4, 0.5) is 4.79 Å². The second-order valence-electron chi connectivity index (χ2n) is 10.6. The van der Waals surface area contributed by atoms with Crippen LogP contribution in [-0.2, 0) is 32.7 Å². The average molecular weight is 514 g/mol. The number of para-hydroxylation sites is 2. The summed E-state index contributed by atoms with van der Waals surface area (Å²) in [5.74, 6) is -1.29. The Bertz CT molecular complexity index is 1620. The molecule has 2 aromatic heterocycles. The van der Waals surface area contributed by atoms with Gasteiger partial charge in [-0.25, -0.2) is 14.4 Å². The summed E-state index contributed by atoms with van der Waals surface area (Å²) in [5, 5.41) is 1.73. The maximum Gasteiger partial charge on any atom is 0.410 e. The van der Waals surface area contributed by atoms with Gasteiger partial charge in [-0.1, -0.05) is 36.4 Å². The summed E-state index contributed by atoms with van der Waals surface area (Å²) < 4.78 is 14.6. The van der Waals surface area contributed by atoms with Gasteiger partial charge in [-0.2, -0.15) is 0 Å². The van der Waals surface area contributed by atoms with Gasteiger partial charge in [0.1, 0.15) is 5.60 Å². The van der Waals surface area contributed by atoms with Crippen molar-refractivity contribution in [1.29, 1.82) is 0 Å². The number of aromatic nitrogens is 2. The quantitative estimate of drug-likeness (QED) is 0.255. The minimum atomic E-state index is -0.648. The number of nitrogens with zero attached hydrogens (tertiary/aromatic N) is 3. The Morgan fingerprint density at radius 1 is 0.895 bits per heavy atom. The molecule has 0 aliphatic carbocycles. The Hall–Kier alpha value is -4.33. The largest absolute Gasteiger partial charge is 0.444 e. The van der Waals surface area contributed by atoms with Crippen LogP contribution in [0.5, 0.6) is 0 Å². The predicted molar refractivity (Wildman–Crippen MR) is 146 cm³/mol. The van der Waals surface area contributed by atoms with Crippen molar-refractivity contribution < 1.29 is 23.9 Å². The molecule has 1 amide bonds. The van der Waals surface area contributed by atoms with Gasteiger partial charge >= 0.3 is 18.0 Å². The predicted octanol–water partition coefficient (Wildman–Crippen LogP) is 5.38. The summed E-state index contributed by atoms with van der Waals surface area (Å²) in [4.78, 5) is 40.0. The SMILES string of the molecule is CN(CCCn1cc(C2=C(c3cn(C)c4ccccc34)C(=O)OC2=O)c2ccccc21)C(=O)OC(C)(C)C. The number of ether oxygens (including phenoxy) is 2. The first-order valence-corrected chi connectivity index (χ1v) is 12.6. The van der Waals surface area contributed by atoms with E-state index >= 15 is 0 Å². The molecule has 0 unspecified atom stereocenters. The number of benzene rings is 2. The molecule has 0 fully saturated rings. The Kier molecular flexibility index (Phi) is 6.34. The highest BCUT2D eigenvalue weighted by Gasteiger charge is 2.37. The molecule has 8 heteroatoms. The maximum atomic E-state index is 13.1. The van der Waals surface area contributed by atoms with E-state index in [0.29, 0.717) is 30.6 Å². The number of carbonyl (C=O) groups is 3. The van der Waals surface area contributed by atoms with Crippen molar-refractivity contribution in [2.24, 2.45) is 7.05 Å². The van der Waals surface area contributed by atoms with Crippen LogP contribution in [-0.4, -0.2) is 51.3 Å². The van der Waals surface area contributed by atoms with Crippen LogP contribution in [0.3, 0.4) is 0 Å². The molecule has 0 atom stereocenters. The first-order chi connectivity index (χ1) is 18.0. The Morgan fingerprint density at radius 2 is 1.45 bits per heavy atom. The fourth-order valence-corrected chi connectivity index (χ4v) is 4.96. The summed E-state index contributed by atoms with van der Waals surface area (Å²) in [6, 6.07) is 15.5. The van der Waals surface area contributed by atoms with E-state index in [-0.39, 0.29) is 17.2 Å². The molecule has 2 aromatic carbocycles. The number of amides is 1. The highest BCUT2D eigenvalue weighted by atomic mass is 16.6. The lowest BCUT2D eigenvalue weighted by Crippen LogP contribution is -2.35. The number of rotatable bonds is 6. The summed E-state index contributed by atoms with van der Waals surface area (Å²) in [7, 11) is 3.63. The van der Waals surface area contributed by atoms with E-state index in [1.807, 2.05) is 93.3 Å². The van der Waals surface area contributed by atoms with Crippen molar-refractivity contribution in [3.05, 3.63) is 72.1 Å². The molecule has 0 saturated heterocycles. The topological polar surface area (TPSA) is 82.8 Å². The molecule has 4 aromatic rings. The number of fused-ring (bicyclic) bond motifs is 2. The second kappa shape index (κ2) is 9.52. The van der Waals surface area contributed by atoms with Crippen molar-refractivity contribution in [2.45, 2.75) is 39.3 Å².